The molecule has 17 heavy (non-hydrogen) atoms. The van der Waals surface area contributed by atoms with Gasteiger partial charge in [0.2, 0.25) is 0 Å². The highest BCUT2D eigenvalue weighted by atomic mass is 35.7. The summed E-state index contributed by atoms with van der Waals surface area (Å²) in [6.07, 6.45) is -0.508. The van der Waals surface area contributed by atoms with E-state index in [0.717, 1.165) is 29.8 Å². The van der Waals surface area contributed by atoms with Crippen LogP contribution in [-0.2, 0) is 4.74 Å². The number of methoxy groups -OCH3 is 1. The van der Waals surface area contributed by atoms with E-state index in [9.17, 15) is 4.79 Å². The number of carbonyl (C=O) groups excluding carboxylic acids is 1. The Balaban J connectivity index is 2.88. The van der Waals surface area contributed by atoms with Gasteiger partial charge < -0.3 is 4.74 Å². The van der Waals surface area contributed by atoms with Crippen molar-refractivity contribution in [1.29, 1.82) is 0 Å². The highest BCUT2D eigenvalue weighted by Gasteiger charge is 2.08. The first kappa shape index (κ1) is 15.5. The fraction of sp³-hybridized carbons (Fsp3) is 0.125. The molecule has 1 rings (SSSR count). The number of anilines is 1. The highest BCUT2D eigenvalue weighted by molar-refractivity contribution is 8.86. The molecule has 0 aliphatic rings. The van der Waals surface area contributed by atoms with Crippen molar-refractivity contribution < 1.29 is 9.53 Å². The van der Waals surface area contributed by atoms with Crippen LogP contribution >= 0.6 is 63.0 Å². The van der Waals surface area contributed by atoms with Crippen molar-refractivity contribution in [2.75, 3.05) is 12.4 Å². The zero-order valence-electron chi connectivity index (χ0n) is 8.44. The van der Waals surface area contributed by atoms with Gasteiger partial charge >= 0.3 is 6.09 Å². The van der Waals surface area contributed by atoms with E-state index >= 15 is 0 Å². The minimum Gasteiger partial charge on any atom is -0.453 e. The predicted molar refractivity (Wildman–Crippen MR) is 81.1 cm³/mol. The number of hydrogen-bond acceptors (Lipinski definition) is 6. The van der Waals surface area contributed by atoms with Crippen LogP contribution in [0.4, 0.5) is 10.5 Å². The van der Waals surface area contributed by atoms with Crippen LogP contribution in [-0.4, -0.2) is 13.2 Å². The molecule has 0 saturated heterocycles. The molecule has 1 aromatic carbocycles. The fourth-order valence-electron chi connectivity index (χ4n) is 0.957. The summed E-state index contributed by atoms with van der Waals surface area (Å²) >= 11 is 0. The van der Waals surface area contributed by atoms with Crippen LogP contribution in [0, 0.1) is 0 Å². The number of amides is 1. The van der Waals surface area contributed by atoms with Gasteiger partial charge in [-0.2, -0.15) is 0 Å². The zero-order valence-corrected chi connectivity index (χ0v) is 13.2. The third-order valence-corrected chi connectivity index (χ3v) is 5.52. The molecule has 0 unspecified atom stereocenters. The Hall–Kier alpha value is 0.470. The summed E-state index contributed by atoms with van der Waals surface area (Å²) in [7, 11) is 17.6. The molecule has 0 atom stereocenters. The van der Waals surface area contributed by atoms with E-state index in [1.54, 1.807) is 6.07 Å². The number of benzene rings is 1. The van der Waals surface area contributed by atoms with Gasteiger partial charge in [0.05, 0.1) is 7.11 Å². The van der Waals surface area contributed by atoms with Crippen LogP contribution in [0.1, 0.15) is 0 Å². The topological polar surface area (TPSA) is 38.3 Å². The summed E-state index contributed by atoms with van der Waals surface area (Å²) in [5.74, 6) is 0. The zero-order chi connectivity index (χ0) is 12.7. The quantitative estimate of drug-likeness (QED) is 0.693. The molecule has 0 saturated carbocycles. The SMILES string of the molecule is COC(=O)Nc1ccc(SSCl)c(SSCl)c1. The van der Waals surface area contributed by atoms with Crippen molar-refractivity contribution >= 4 is 74.7 Å². The number of nitrogens with one attached hydrogen (secondary N) is 1. The second-order valence-electron chi connectivity index (χ2n) is 2.57. The lowest BCUT2D eigenvalue weighted by Gasteiger charge is -2.08. The van der Waals surface area contributed by atoms with Crippen LogP contribution in [0.5, 0.6) is 0 Å². The molecule has 1 N–H and O–H groups in total. The van der Waals surface area contributed by atoms with Gasteiger partial charge in [0.15, 0.2) is 0 Å². The first-order chi connectivity index (χ1) is 8.21. The van der Waals surface area contributed by atoms with Crippen molar-refractivity contribution in [2.24, 2.45) is 0 Å². The Morgan fingerprint density at radius 2 is 1.88 bits per heavy atom. The number of rotatable bonds is 5. The first-order valence-electron chi connectivity index (χ1n) is 4.10. The summed E-state index contributed by atoms with van der Waals surface area (Å²) in [6.45, 7) is 0. The summed E-state index contributed by atoms with van der Waals surface area (Å²) in [5, 5.41) is 2.58. The number of ether oxygens (including phenoxy) is 1. The molecular formula is C8H7Cl2NO2S4. The Labute approximate surface area is 124 Å². The first-order valence-corrected chi connectivity index (χ1v) is 10.1. The molecule has 9 heteroatoms. The molecule has 3 nitrogen and oxygen atoms in total. The lowest BCUT2D eigenvalue weighted by atomic mass is 10.3. The third kappa shape index (κ3) is 5.32. The van der Waals surface area contributed by atoms with E-state index in [2.05, 4.69) is 10.1 Å². The standard InChI is InChI=1S/C8H7Cl2NO2S4/c1-13-8(12)11-5-2-3-6(14-16-9)7(4-5)15-17-10/h2-4H,1H3,(H,11,12). The molecule has 0 aliphatic carbocycles. The van der Waals surface area contributed by atoms with E-state index in [4.69, 9.17) is 21.4 Å². The summed E-state index contributed by atoms with van der Waals surface area (Å²) in [6, 6.07) is 5.45. The highest BCUT2D eigenvalue weighted by Crippen LogP contribution is 2.45. The molecule has 0 aromatic heterocycles. The van der Waals surface area contributed by atoms with Crippen molar-refractivity contribution in [3.63, 3.8) is 0 Å². The van der Waals surface area contributed by atoms with Crippen molar-refractivity contribution in [3.8, 4) is 0 Å². The minimum absolute atomic E-state index is 0.508. The van der Waals surface area contributed by atoms with Gasteiger partial charge in [0.25, 0.3) is 0 Å². The second kappa shape index (κ2) is 8.55. The molecule has 0 heterocycles. The van der Waals surface area contributed by atoms with Gasteiger partial charge in [-0.25, -0.2) is 4.79 Å². The van der Waals surface area contributed by atoms with Gasteiger partial charge in [0.1, 0.15) is 0 Å². The van der Waals surface area contributed by atoms with Crippen LogP contribution in [0.25, 0.3) is 0 Å². The lowest BCUT2D eigenvalue weighted by molar-refractivity contribution is 0.187. The summed E-state index contributed by atoms with van der Waals surface area (Å²) in [5.41, 5.74) is 0.647. The van der Waals surface area contributed by atoms with E-state index in [1.807, 2.05) is 12.1 Å². The average Bonchev–Trinajstić information content (AvgIpc) is 2.33. The van der Waals surface area contributed by atoms with Crippen LogP contribution in [0.15, 0.2) is 28.0 Å². The number of carbonyl (C=O) groups is 1. The van der Waals surface area contributed by atoms with E-state index in [-0.39, 0.29) is 0 Å². The van der Waals surface area contributed by atoms with Gasteiger partial charge in [0, 0.05) is 35.5 Å². The Kier molecular flexibility index (Phi) is 7.81. The summed E-state index contributed by atoms with van der Waals surface area (Å²) < 4.78 is 4.51. The maximum Gasteiger partial charge on any atom is 0.411 e. The van der Waals surface area contributed by atoms with E-state index in [1.165, 1.54) is 28.7 Å². The van der Waals surface area contributed by atoms with Crippen molar-refractivity contribution in [3.05, 3.63) is 18.2 Å². The summed E-state index contributed by atoms with van der Waals surface area (Å²) in [4.78, 5) is 13.0. The molecule has 0 spiro atoms. The molecule has 0 radical (unpaired) electrons. The largest absolute Gasteiger partial charge is 0.453 e. The van der Waals surface area contributed by atoms with Crippen LogP contribution in [0.3, 0.4) is 0 Å². The molecular weight excluding hydrogens is 341 g/mol. The second-order valence-corrected chi connectivity index (χ2v) is 8.06. The fourth-order valence-corrected chi connectivity index (χ4v) is 4.73. The predicted octanol–water partition coefficient (Wildman–Crippen LogP) is 5.65. The Morgan fingerprint density at radius 3 is 2.47 bits per heavy atom. The minimum atomic E-state index is -0.508. The lowest BCUT2D eigenvalue weighted by Crippen LogP contribution is -2.10. The van der Waals surface area contributed by atoms with Gasteiger partial charge in [-0.05, 0) is 61.2 Å². The van der Waals surface area contributed by atoms with Gasteiger partial charge in [-0.1, -0.05) is 0 Å². The van der Waals surface area contributed by atoms with Gasteiger partial charge in [-0.15, -0.1) is 0 Å². The monoisotopic (exact) mass is 347 g/mol. The maximum absolute atomic E-state index is 11.1. The number of hydrogen-bond donors (Lipinski definition) is 1. The smallest absolute Gasteiger partial charge is 0.411 e. The molecule has 0 aliphatic heterocycles. The van der Waals surface area contributed by atoms with Crippen molar-refractivity contribution in [1.82, 2.24) is 0 Å². The molecule has 0 fully saturated rings. The van der Waals surface area contributed by atoms with Crippen LogP contribution in [0.2, 0.25) is 0 Å². The molecule has 0 bridgehead atoms. The van der Waals surface area contributed by atoms with E-state index < -0.39 is 6.09 Å². The Morgan fingerprint density at radius 1 is 1.24 bits per heavy atom. The maximum atomic E-state index is 11.1. The van der Waals surface area contributed by atoms with Gasteiger partial charge in [-0.3, -0.25) is 5.32 Å². The molecule has 1 aromatic rings. The Bertz CT molecular complexity index is 394. The third-order valence-electron chi connectivity index (χ3n) is 1.62. The molecule has 1 amide bonds. The normalized spacial score (nSPS) is 10.1. The van der Waals surface area contributed by atoms with Crippen molar-refractivity contribution in [2.45, 2.75) is 9.79 Å². The average molecular weight is 348 g/mol. The molecule has 94 valence electrons. The van der Waals surface area contributed by atoms with E-state index in [0.29, 0.717) is 5.69 Å². The van der Waals surface area contributed by atoms with Crippen LogP contribution < -0.4 is 5.32 Å². The number of halogens is 2.